The third kappa shape index (κ3) is 4.28. The number of piperidine rings is 1. The van der Waals surface area contributed by atoms with Gasteiger partial charge in [0.25, 0.3) is 0 Å². The molecule has 2 aliphatic rings. The van der Waals surface area contributed by atoms with Gasteiger partial charge < -0.3 is 15.0 Å². The van der Waals surface area contributed by atoms with Crippen molar-refractivity contribution < 1.29 is 23.5 Å². The third-order valence-electron chi connectivity index (χ3n) is 5.59. The molecule has 1 heterocycles. The molecular formula is C22H29FN2O4. The standard InChI is InChI=1S/C22H29FN2O4/c1-12-8-7-9-13(17(12)23)18(26)22(5,6)24-19(27)16-14-10-25(11-15(14)16)20(28)29-21(2,3)4/h7-9,14-16H,10-11H2,1-6H3,(H,24,27)/t14-,15+,16?. The van der Waals surface area contributed by atoms with E-state index in [2.05, 4.69) is 5.32 Å². The lowest BCUT2D eigenvalue weighted by Crippen LogP contribution is -2.51. The highest BCUT2D eigenvalue weighted by atomic mass is 19.1. The summed E-state index contributed by atoms with van der Waals surface area (Å²) in [6, 6.07) is 4.66. The number of aryl methyl sites for hydroxylation is 1. The molecule has 7 heteroatoms. The molecule has 1 saturated carbocycles. The van der Waals surface area contributed by atoms with Gasteiger partial charge in [0.2, 0.25) is 5.91 Å². The second kappa shape index (κ2) is 7.11. The lowest BCUT2D eigenvalue weighted by molar-refractivity contribution is -0.124. The zero-order chi connectivity index (χ0) is 21.7. The summed E-state index contributed by atoms with van der Waals surface area (Å²) >= 11 is 0. The van der Waals surface area contributed by atoms with Gasteiger partial charge in [-0.2, -0.15) is 0 Å². The minimum atomic E-state index is -1.23. The summed E-state index contributed by atoms with van der Waals surface area (Å²) in [6.45, 7) is 11.1. The molecule has 0 spiro atoms. The summed E-state index contributed by atoms with van der Waals surface area (Å²) < 4.78 is 19.7. The van der Waals surface area contributed by atoms with E-state index in [1.54, 1.807) is 37.8 Å². The van der Waals surface area contributed by atoms with Crippen molar-refractivity contribution in [3.63, 3.8) is 0 Å². The number of nitrogens with one attached hydrogen (secondary N) is 1. The van der Waals surface area contributed by atoms with Crippen molar-refractivity contribution in [1.29, 1.82) is 0 Å². The van der Waals surface area contributed by atoms with E-state index in [1.165, 1.54) is 6.07 Å². The fraction of sp³-hybridized carbons (Fsp3) is 0.591. The van der Waals surface area contributed by atoms with E-state index in [4.69, 9.17) is 4.74 Å². The first-order valence-electron chi connectivity index (χ1n) is 9.91. The number of benzene rings is 1. The average molecular weight is 404 g/mol. The first kappa shape index (κ1) is 21.3. The quantitative estimate of drug-likeness (QED) is 0.781. The average Bonchev–Trinajstić information content (AvgIpc) is 3.09. The second-order valence-corrected chi connectivity index (χ2v) is 9.62. The normalized spacial score (nSPS) is 23.4. The molecule has 2 amide bonds. The van der Waals surface area contributed by atoms with Crippen molar-refractivity contribution in [2.24, 2.45) is 17.8 Å². The Hall–Kier alpha value is -2.44. The summed E-state index contributed by atoms with van der Waals surface area (Å²) in [4.78, 5) is 39.3. The summed E-state index contributed by atoms with van der Waals surface area (Å²) in [5.41, 5.74) is -1.43. The number of hydrogen-bond donors (Lipinski definition) is 1. The van der Waals surface area contributed by atoms with Crippen molar-refractivity contribution in [2.75, 3.05) is 13.1 Å². The molecule has 158 valence electrons. The summed E-state index contributed by atoms with van der Waals surface area (Å²) in [7, 11) is 0. The van der Waals surface area contributed by atoms with Crippen molar-refractivity contribution in [3.05, 3.63) is 35.1 Å². The van der Waals surface area contributed by atoms with E-state index >= 15 is 0 Å². The minimum Gasteiger partial charge on any atom is -0.444 e. The third-order valence-corrected chi connectivity index (χ3v) is 5.59. The van der Waals surface area contributed by atoms with Gasteiger partial charge in [-0.1, -0.05) is 12.1 Å². The lowest BCUT2D eigenvalue weighted by atomic mass is 9.91. The number of hydrogen-bond acceptors (Lipinski definition) is 4. The topological polar surface area (TPSA) is 75.7 Å². The maximum Gasteiger partial charge on any atom is 0.410 e. The van der Waals surface area contributed by atoms with Gasteiger partial charge in [0, 0.05) is 19.0 Å². The van der Waals surface area contributed by atoms with E-state index in [0.717, 1.165) is 0 Å². The van der Waals surface area contributed by atoms with Gasteiger partial charge in [0.15, 0.2) is 5.78 Å². The Morgan fingerprint density at radius 1 is 1.10 bits per heavy atom. The smallest absolute Gasteiger partial charge is 0.410 e. The molecule has 1 aliphatic heterocycles. The van der Waals surface area contributed by atoms with Crippen LogP contribution in [0.5, 0.6) is 0 Å². The highest BCUT2D eigenvalue weighted by molar-refractivity contribution is 6.05. The maximum absolute atomic E-state index is 14.3. The Labute approximate surface area is 170 Å². The molecule has 0 aromatic heterocycles. The molecule has 0 radical (unpaired) electrons. The van der Waals surface area contributed by atoms with Gasteiger partial charge in [0.05, 0.1) is 11.1 Å². The Morgan fingerprint density at radius 3 is 2.24 bits per heavy atom. The summed E-state index contributed by atoms with van der Waals surface area (Å²) in [6.07, 6.45) is -0.366. The number of Topliss-reactive ketones (excluding diaryl/α,β-unsaturated/α-hetero) is 1. The van der Waals surface area contributed by atoms with Crippen LogP contribution >= 0.6 is 0 Å². The van der Waals surface area contributed by atoms with Crippen LogP contribution in [0.1, 0.15) is 50.5 Å². The number of fused-ring (bicyclic) bond motifs is 1. The zero-order valence-corrected chi connectivity index (χ0v) is 17.8. The predicted octanol–water partition coefficient (Wildman–Crippen LogP) is 3.32. The van der Waals surface area contributed by atoms with E-state index in [9.17, 15) is 18.8 Å². The Kier molecular flexibility index (Phi) is 5.22. The minimum absolute atomic E-state index is 0.0256. The van der Waals surface area contributed by atoms with Gasteiger partial charge in [-0.25, -0.2) is 9.18 Å². The van der Waals surface area contributed by atoms with Gasteiger partial charge in [-0.3, -0.25) is 9.59 Å². The first-order chi connectivity index (χ1) is 13.3. The molecule has 1 aliphatic carbocycles. The van der Waals surface area contributed by atoms with Crippen LogP contribution < -0.4 is 5.32 Å². The largest absolute Gasteiger partial charge is 0.444 e. The molecule has 3 atom stereocenters. The number of rotatable bonds is 4. The number of ether oxygens (including phenoxy) is 1. The van der Waals surface area contributed by atoms with E-state index in [0.29, 0.717) is 18.7 Å². The second-order valence-electron chi connectivity index (χ2n) is 9.62. The summed E-state index contributed by atoms with van der Waals surface area (Å²) in [5, 5.41) is 2.78. The monoisotopic (exact) mass is 404 g/mol. The first-order valence-corrected chi connectivity index (χ1v) is 9.91. The van der Waals surface area contributed by atoms with Crippen LogP contribution in [-0.4, -0.2) is 46.9 Å². The molecule has 29 heavy (non-hydrogen) atoms. The molecule has 1 unspecified atom stereocenters. The van der Waals surface area contributed by atoms with Crippen LogP contribution in [0.4, 0.5) is 9.18 Å². The molecule has 1 aromatic carbocycles. The fourth-order valence-electron chi connectivity index (χ4n) is 4.00. The molecule has 3 rings (SSSR count). The van der Waals surface area contributed by atoms with E-state index in [-0.39, 0.29) is 35.3 Å². The fourth-order valence-corrected chi connectivity index (χ4v) is 4.00. The number of carbonyl (C=O) groups is 3. The molecular weight excluding hydrogens is 375 g/mol. The van der Waals surface area contributed by atoms with Gasteiger partial charge in [0.1, 0.15) is 11.4 Å². The van der Waals surface area contributed by atoms with Gasteiger partial charge in [-0.15, -0.1) is 0 Å². The molecule has 2 fully saturated rings. The Bertz CT molecular complexity index is 847. The molecule has 0 bridgehead atoms. The number of carbonyl (C=O) groups excluding carboxylic acids is 3. The van der Waals surface area contributed by atoms with Crippen LogP contribution in [0.2, 0.25) is 0 Å². The molecule has 1 saturated heterocycles. The maximum atomic E-state index is 14.3. The van der Waals surface area contributed by atoms with Crippen molar-refractivity contribution in [1.82, 2.24) is 10.2 Å². The van der Waals surface area contributed by atoms with Crippen LogP contribution in [0, 0.1) is 30.5 Å². The SMILES string of the molecule is Cc1cccc(C(=O)C(C)(C)NC(=O)C2[C@H]3CN(C(=O)OC(C)(C)C)C[C@@H]23)c1F. The number of nitrogens with zero attached hydrogens (tertiary/aromatic N) is 1. The molecule has 6 nitrogen and oxygen atoms in total. The van der Waals surface area contributed by atoms with Gasteiger partial charge in [-0.05, 0) is 65.0 Å². The Balaban J connectivity index is 1.59. The van der Waals surface area contributed by atoms with E-state index < -0.39 is 22.7 Å². The van der Waals surface area contributed by atoms with Gasteiger partial charge >= 0.3 is 6.09 Å². The Morgan fingerprint density at radius 2 is 1.69 bits per heavy atom. The number of amides is 2. The van der Waals surface area contributed by atoms with Crippen LogP contribution in [0.3, 0.4) is 0 Å². The highest BCUT2D eigenvalue weighted by Gasteiger charge is 2.61. The highest BCUT2D eigenvalue weighted by Crippen LogP contribution is 2.52. The molecule has 1 aromatic rings. The van der Waals surface area contributed by atoms with E-state index in [1.807, 2.05) is 20.8 Å². The summed E-state index contributed by atoms with van der Waals surface area (Å²) in [5.74, 6) is -1.34. The van der Waals surface area contributed by atoms with Crippen LogP contribution in [0.15, 0.2) is 18.2 Å². The van der Waals surface area contributed by atoms with Crippen molar-refractivity contribution in [2.45, 2.75) is 52.7 Å². The van der Waals surface area contributed by atoms with Crippen LogP contribution in [-0.2, 0) is 9.53 Å². The number of halogens is 1. The number of likely N-dealkylation sites (tertiary alicyclic amines) is 1. The number of ketones is 1. The molecule has 1 N–H and O–H groups in total. The zero-order valence-electron chi connectivity index (χ0n) is 17.8. The van der Waals surface area contributed by atoms with Crippen molar-refractivity contribution >= 4 is 17.8 Å². The van der Waals surface area contributed by atoms with Crippen LogP contribution in [0.25, 0.3) is 0 Å². The van der Waals surface area contributed by atoms with Crippen molar-refractivity contribution in [3.8, 4) is 0 Å². The lowest BCUT2D eigenvalue weighted by Gasteiger charge is -2.27. The predicted molar refractivity (Wildman–Crippen MR) is 106 cm³/mol.